The summed E-state index contributed by atoms with van der Waals surface area (Å²) < 4.78 is 2.22. The third kappa shape index (κ3) is 2.52. The Morgan fingerprint density at radius 3 is 1.27 bits per heavy atom. The maximum atomic E-state index is 6.57. The summed E-state index contributed by atoms with van der Waals surface area (Å²) >= 11 is -3.44. The van der Waals surface area contributed by atoms with Crippen LogP contribution in [0.25, 0.3) is 0 Å². The van der Waals surface area contributed by atoms with E-state index in [9.17, 15) is 0 Å². The van der Waals surface area contributed by atoms with E-state index >= 15 is 0 Å². The van der Waals surface area contributed by atoms with Crippen LogP contribution in [0.4, 0.5) is 0 Å². The average Bonchev–Trinajstić information content (AvgIpc) is 2.31. The molecule has 3 heteroatoms. The molecule has 0 aliphatic heterocycles. The average molecular weight is 404 g/mol. The van der Waals surface area contributed by atoms with Crippen LogP contribution < -0.4 is 6.64 Å². The van der Waals surface area contributed by atoms with Crippen molar-refractivity contribution in [3.05, 3.63) is 60.7 Å². The van der Waals surface area contributed by atoms with Gasteiger partial charge in [-0.1, -0.05) is 0 Å². The third-order valence-corrected chi connectivity index (χ3v) is 17.0. The summed E-state index contributed by atoms with van der Waals surface area (Å²) in [4.78, 5) is 0. The van der Waals surface area contributed by atoms with Crippen LogP contribution >= 0.6 is 17.2 Å². The van der Waals surface area contributed by atoms with Crippen LogP contribution in [0.1, 0.15) is 0 Å². The molecule has 0 radical (unpaired) electrons. The van der Waals surface area contributed by atoms with Crippen LogP contribution in [-0.2, 0) is 17.6 Å². The van der Waals surface area contributed by atoms with Crippen LogP contribution in [0.3, 0.4) is 0 Å². The molecule has 0 fully saturated rings. The van der Waals surface area contributed by atoms with E-state index in [0.717, 1.165) is 6.64 Å². The van der Waals surface area contributed by atoms with Crippen molar-refractivity contribution >= 4 is 23.8 Å². The third-order valence-electron chi connectivity index (χ3n) is 2.27. The second-order valence-corrected chi connectivity index (χ2v) is 22.4. The van der Waals surface area contributed by atoms with E-state index in [-0.39, 0.29) is 0 Å². The summed E-state index contributed by atoms with van der Waals surface area (Å²) in [7, 11) is 13.1. The molecule has 0 spiro atoms. The molecule has 0 N–H and O–H groups in total. The standard InChI is InChI=1S/2C6H5.2ClH.Hf/c2*1-2-4-6-5-3-1;;;/h2*1-5H;2*1H;/q;;;;+2/p-2. The van der Waals surface area contributed by atoms with Crippen molar-refractivity contribution in [3.8, 4) is 0 Å². The normalized spacial score (nSPS) is 11.3. The molecule has 0 saturated carbocycles. The Hall–Kier alpha value is -0.110. The first-order chi connectivity index (χ1) is 7.21. The topological polar surface area (TPSA) is 0 Å². The van der Waals surface area contributed by atoms with Crippen LogP contribution in [-0.4, -0.2) is 0 Å². The van der Waals surface area contributed by atoms with Crippen LogP contribution in [0, 0.1) is 0 Å². The molecule has 0 aliphatic rings. The summed E-state index contributed by atoms with van der Waals surface area (Å²) in [5.41, 5.74) is 0. The van der Waals surface area contributed by atoms with Crippen molar-refractivity contribution in [1.29, 1.82) is 0 Å². The summed E-state index contributed by atoms with van der Waals surface area (Å²) in [5, 5.41) is 0. The Kier molecular flexibility index (Phi) is 3.65. The molecule has 0 nitrogen and oxygen atoms in total. The van der Waals surface area contributed by atoms with Gasteiger partial charge in [-0.25, -0.2) is 0 Å². The molecule has 15 heavy (non-hydrogen) atoms. The molecule has 0 unspecified atom stereocenters. The van der Waals surface area contributed by atoms with Gasteiger partial charge in [-0.3, -0.25) is 0 Å². The van der Waals surface area contributed by atoms with Crippen molar-refractivity contribution in [2.24, 2.45) is 0 Å². The second kappa shape index (κ2) is 4.82. The zero-order chi connectivity index (χ0) is 10.7. The predicted molar refractivity (Wildman–Crippen MR) is 63.9 cm³/mol. The first-order valence-corrected chi connectivity index (χ1v) is 17.2. The predicted octanol–water partition coefficient (Wildman–Crippen LogP) is 3.10. The van der Waals surface area contributed by atoms with Crippen molar-refractivity contribution in [2.75, 3.05) is 0 Å². The number of rotatable bonds is 2. The Bertz CT molecular complexity index is 384. The molecule has 0 atom stereocenters. The minimum atomic E-state index is -3.44. The second-order valence-electron chi connectivity index (χ2n) is 3.31. The van der Waals surface area contributed by atoms with E-state index < -0.39 is 17.6 Å². The van der Waals surface area contributed by atoms with Crippen molar-refractivity contribution in [1.82, 2.24) is 0 Å². The Balaban J connectivity index is 2.44. The van der Waals surface area contributed by atoms with Gasteiger partial charge < -0.3 is 0 Å². The van der Waals surface area contributed by atoms with E-state index in [2.05, 4.69) is 0 Å². The van der Waals surface area contributed by atoms with Gasteiger partial charge in [0.1, 0.15) is 0 Å². The molecule has 0 saturated heterocycles. The molecule has 2 aromatic carbocycles. The van der Waals surface area contributed by atoms with Crippen molar-refractivity contribution < 1.29 is 17.6 Å². The van der Waals surface area contributed by atoms with Crippen LogP contribution in [0.2, 0.25) is 0 Å². The first kappa shape index (κ1) is 11.4. The maximum absolute atomic E-state index is 6.57. The zero-order valence-corrected chi connectivity index (χ0v) is 13.1. The molecule has 0 aromatic heterocycles. The fourth-order valence-corrected chi connectivity index (χ4v) is 11.2. The molecule has 2 rings (SSSR count). The monoisotopic (exact) mass is 404 g/mol. The SMILES string of the molecule is [Cl][Hf]([Cl])([c]1ccccc1)[c]1ccccc1. The summed E-state index contributed by atoms with van der Waals surface area (Å²) in [5.74, 6) is 0. The summed E-state index contributed by atoms with van der Waals surface area (Å²) in [6.07, 6.45) is 0. The summed E-state index contributed by atoms with van der Waals surface area (Å²) in [6, 6.07) is 20.0. The van der Waals surface area contributed by atoms with E-state index in [1.54, 1.807) is 0 Å². The van der Waals surface area contributed by atoms with Crippen molar-refractivity contribution in [3.63, 3.8) is 0 Å². The van der Waals surface area contributed by atoms with E-state index in [0.29, 0.717) is 0 Å². The van der Waals surface area contributed by atoms with E-state index in [1.807, 2.05) is 60.7 Å². The van der Waals surface area contributed by atoms with E-state index in [1.165, 1.54) is 0 Å². The van der Waals surface area contributed by atoms with Gasteiger partial charge in [-0.05, 0) is 0 Å². The zero-order valence-electron chi connectivity index (χ0n) is 8.03. The molecule has 0 amide bonds. The Morgan fingerprint density at radius 2 is 0.933 bits per heavy atom. The van der Waals surface area contributed by atoms with E-state index in [4.69, 9.17) is 17.2 Å². The fraction of sp³-hybridized carbons (Fsp3) is 0. The van der Waals surface area contributed by atoms with Gasteiger partial charge in [0.15, 0.2) is 0 Å². The van der Waals surface area contributed by atoms with Crippen LogP contribution in [0.15, 0.2) is 60.7 Å². The molecule has 0 aliphatic carbocycles. The van der Waals surface area contributed by atoms with Gasteiger partial charge in [0.25, 0.3) is 0 Å². The molecule has 2 aromatic rings. The number of halogens is 2. The van der Waals surface area contributed by atoms with Gasteiger partial charge >= 0.3 is 102 Å². The number of hydrogen-bond donors (Lipinski definition) is 0. The molecular weight excluding hydrogens is 394 g/mol. The number of benzene rings is 2. The molecule has 76 valence electrons. The minimum absolute atomic E-state index is 1.11. The first-order valence-electron chi connectivity index (χ1n) is 4.70. The molecule has 0 bridgehead atoms. The van der Waals surface area contributed by atoms with Gasteiger partial charge in [-0.15, -0.1) is 0 Å². The molecular formula is C12H10Cl2Hf. The van der Waals surface area contributed by atoms with Crippen LogP contribution in [0.5, 0.6) is 0 Å². The summed E-state index contributed by atoms with van der Waals surface area (Å²) in [6.45, 7) is 0. The van der Waals surface area contributed by atoms with Gasteiger partial charge in [0.2, 0.25) is 0 Å². The fourth-order valence-electron chi connectivity index (χ4n) is 1.46. The van der Waals surface area contributed by atoms with Gasteiger partial charge in [0.05, 0.1) is 0 Å². The Morgan fingerprint density at radius 1 is 0.600 bits per heavy atom. The quantitative estimate of drug-likeness (QED) is 0.676. The van der Waals surface area contributed by atoms with Crippen molar-refractivity contribution in [2.45, 2.75) is 0 Å². The Labute approximate surface area is 101 Å². The number of hydrogen-bond acceptors (Lipinski definition) is 0. The van der Waals surface area contributed by atoms with Gasteiger partial charge in [0, 0.05) is 0 Å². The van der Waals surface area contributed by atoms with Gasteiger partial charge in [-0.2, -0.15) is 0 Å². The molecule has 0 heterocycles.